The molecule has 0 radical (unpaired) electrons. The second-order valence-electron chi connectivity index (χ2n) is 4.76. The van der Waals surface area contributed by atoms with Crippen molar-refractivity contribution in [2.75, 3.05) is 26.2 Å². The van der Waals surface area contributed by atoms with Crippen LogP contribution >= 0.6 is 0 Å². The maximum atomic E-state index is 11.8. The number of aromatic nitrogens is 1. The summed E-state index contributed by atoms with van der Waals surface area (Å²) in [6, 6.07) is 3.50. The third kappa shape index (κ3) is 4.61. The van der Waals surface area contributed by atoms with Crippen LogP contribution in [0.15, 0.2) is 18.3 Å². The monoisotopic (exact) mass is 263 g/mol. The molecular formula is C14H21N3O2. The predicted molar refractivity (Wildman–Crippen MR) is 73.2 cm³/mol. The molecule has 0 atom stereocenters. The minimum Gasteiger partial charge on any atom is -0.376 e. The van der Waals surface area contributed by atoms with Gasteiger partial charge in [0, 0.05) is 24.0 Å². The van der Waals surface area contributed by atoms with Crippen molar-refractivity contribution in [3.8, 4) is 0 Å². The Balaban J connectivity index is 1.66. The van der Waals surface area contributed by atoms with Crippen LogP contribution in [0.5, 0.6) is 0 Å². The van der Waals surface area contributed by atoms with E-state index >= 15 is 0 Å². The van der Waals surface area contributed by atoms with Crippen LogP contribution in [0.2, 0.25) is 0 Å². The van der Waals surface area contributed by atoms with E-state index in [4.69, 9.17) is 4.74 Å². The van der Waals surface area contributed by atoms with Crippen LogP contribution < -0.4 is 10.6 Å². The first-order chi connectivity index (χ1) is 9.25. The number of ether oxygens (including phenoxy) is 1. The van der Waals surface area contributed by atoms with Gasteiger partial charge in [-0.3, -0.25) is 9.78 Å². The number of amides is 1. The molecule has 2 heterocycles. The van der Waals surface area contributed by atoms with Crippen molar-refractivity contribution in [3.05, 3.63) is 29.6 Å². The first-order valence-corrected chi connectivity index (χ1v) is 6.79. The summed E-state index contributed by atoms with van der Waals surface area (Å²) in [4.78, 5) is 15.9. The normalized spacial score (nSPS) is 16.3. The lowest BCUT2D eigenvalue weighted by Crippen LogP contribution is -2.34. The van der Waals surface area contributed by atoms with Gasteiger partial charge in [0.25, 0.3) is 5.91 Å². The zero-order valence-electron chi connectivity index (χ0n) is 11.3. The molecule has 1 saturated heterocycles. The van der Waals surface area contributed by atoms with E-state index in [2.05, 4.69) is 15.6 Å². The summed E-state index contributed by atoms with van der Waals surface area (Å²) < 4.78 is 5.73. The Bertz CT molecular complexity index is 417. The van der Waals surface area contributed by atoms with Gasteiger partial charge in [-0.05, 0) is 45.0 Å². The van der Waals surface area contributed by atoms with E-state index < -0.39 is 0 Å². The molecule has 1 aromatic heterocycles. The van der Waals surface area contributed by atoms with Crippen LogP contribution in [0.25, 0.3) is 0 Å². The number of carbonyl (C=O) groups excluding carboxylic acids is 1. The third-order valence-corrected chi connectivity index (χ3v) is 3.19. The molecule has 0 saturated carbocycles. The molecule has 19 heavy (non-hydrogen) atoms. The molecule has 1 aliphatic heterocycles. The topological polar surface area (TPSA) is 63.2 Å². The Morgan fingerprint density at radius 1 is 1.53 bits per heavy atom. The average Bonchev–Trinajstić information content (AvgIpc) is 2.44. The first-order valence-electron chi connectivity index (χ1n) is 6.79. The van der Waals surface area contributed by atoms with Gasteiger partial charge < -0.3 is 15.4 Å². The fourth-order valence-electron chi connectivity index (χ4n) is 2.14. The molecule has 2 rings (SSSR count). The number of pyridine rings is 1. The summed E-state index contributed by atoms with van der Waals surface area (Å²) in [6.45, 7) is 5.03. The number of aryl methyl sites for hydroxylation is 1. The van der Waals surface area contributed by atoms with Gasteiger partial charge in [-0.15, -0.1) is 0 Å². The van der Waals surface area contributed by atoms with Crippen LogP contribution in [0, 0.1) is 6.92 Å². The molecule has 2 N–H and O–H groups in total. The molecule has 0 aliphatic carbocycles. The average molecular weight is 263 g/mol. The molecule has 5 heteroatoms. The van der Waals surface area contributed by atoms with Crippen molar-refractivity contribution in [1.29, 1.82) is 0 Å². The predicted octanol–water partition coefficient (Wildman–Crippen LogP) is 0.888. The highest BCUT2D eigenvalue weighted by Gasteiger charge is 2.13. The molecule has 0 unspecified atom stereocenters. The van der Waals surface area contributed by atoms with Crippen LogP contribution in [0.1, 0.15) is 28.9 Å². The van der Waals surface area contributed by atoms with Gasteiger partial charge in [0.2, 0.25) is 0 Å². The highest BCUT2D eigenvalue weighted by atomic mass is 16.5. The first kappa shape index (κ1) is 14.0. The second-order valence-corrected chi connectivity index (χ2v) is 4.76. The van der Waals surface area contributed by atoms with Gasteiger partial charge in [0.1, 0.15) is 0 Å². The molecular weight excluding hydrogens is 242 g/mol. The molecule has 5 nitrogen and oxygen atoms in total. The number of carbonyl (C=O) groups is 1. The molecule has 1 aliphatic rings. The Labute approximate surface area is 113 Å². The Kier molecular flexibility index (Phi) is 5.30. The minimum atomic E-state index is -0.0700. The van der Waals surface area contributed by atoms with Crippen molar-refractivity contribution < 1.29 is 9.53 Å². The Hall–Kier alpha value is -1.46. The summed E-state index contributed by atoms with van der Waals surface area (Å²) in [6.07, 6.45) is 4.09. The quantitative estimate of drug-likeness (QED) is 0.774. The maximum Gasteiger partial charge on any atom is 0.251 e. The lowest BCUT2D eigenvalue weighted by Gasteiger charge is -2.22. The fourth-order valence-corrected chi connectivity index (χ4v) is 2.14. The van der Waals surface area contributed by atoms with Crippen LogP contribution in [-0.4, -0.2) is 43.2 Å². The summed E-state index contributed by atoms with van der Waals surface area (Å²) in [5.41, 5.74) is 1.49. The zero-order chi connectivity index (χ0) is 13.5. The number of nitrogens with zero attached hydrogens (tertiary/aromatic N) is 1. The van der Waals surface area contributed by atoms with Crippen LogP contribution in [-0.2, 0) is 4.74 Å². The standard InChI is InChI=1S/C14H21N3O2/c1-11-10-12(2-7-16-11)14(18)17-8-9-19-13-3-5-15-6-4-13/h2,7,10,13,15H,3-6,8-9H2,1H3,(H,17,18). The molecule has 0 bridgehead atoms. The lowest BCUT2D eigenvalue weighted by molar-refractivity contribution is 0.0343. The smallest absolute Gasteiger partial charge is 0.251 e. The van der Waals surface area contributed by atoms with E-state index in [0.717, 1.165) is 31.6 Å². The van der Waals surface area contributed by atoms with E-state index in [1.165, 1.54) is 0 Å². The Morgan fingerprint density at radius 2 is 2.32 bits per heavy atom. The van der Waals surface area contributed by atoms with Crippen molar-refractivity contribution >= 4 is 5.91 Å². The molecule has 1 fully saturated rings. The molecule has 1 aromatic rings. The zero-order valence-corrected chi connectivity index (χ0v) is 11.3. The SMILES string of the molecule is Cc1cc(C(=O)NCCOC2CCNCC2)ccn1. The van der Waals surface area contributed by atoms with Crippen LogP contribution in [0.3, 0.4) is 0 Å². The van der Waals surface area contributed by atoms with Crippen molar-refractivity contribution in [2.24, 2.45) is 0 Å². The van der Waals surface area contributed by atoms with E-state index in [1.807, 2.05) is 6.92 Å². The van der Waals surface area contributed by atoms with Gasteiger partial charge in [-0.1, -0.05) is 0 Å². The second kappa shape index (κ2) is 7.21. The van der Waals surface area contributed by atoms with Gasteiger partial charge in [-0.25, -0.2) is 0 Å². The van der Waals surface area contributed by atoms with E-state index in [-0.39, 0.29) is 5.91 Å². The third-order valence-electron chi connectivity index (χ3n) is 3.19. The summed E-state index contributed by atoms with van der Waals surface area (Å²) >= 11 is 0. The largest absolute Gasteiger partial charge is 0.376 e. The molecule has 104 valence electrons. The summed E-state index contributed by atoms with van der Waals surface area (Å²) in [5.74, 6) is -0.0700. The van der Waals surface area contributed by atoms with Gasteiger partial charge in [0.05, 0.1) is 12.7 Å². The van der Waals surface area contributed by atoms with E-state index in [9.17, 15) is 4.79 Å². The molecule has 1 amide bonds. The molecule has 0 aromatic carbocycles. The highest BCUT2D eigenvalue weighted by molar-refractivity contribution is 5.94. The van der Waals surface area contributed by atoms with E-state index in [1.54, 1.807) is 18.3 Å². The maximum absolute atomic E-state index is 11.8. The number of piperidine rings is 1. The minimum absolute atomic E-state index is 0.0700. The van der Waals surface area contributed by atoms with Crippen molar-refractivity contribution in [3.63, 3.8) is 0 Å². The number of rotatable bonds is 5. The number of nitrogens with one attached hydrogen (secondary N) is 2. The number of hydrogen-bond donors (Lipinski definition) is 2. The van der Waals surface area contributed by atoms with Gasteiger partial charge in [0.15, 0.2) is 0 Å². The Morgan fingerprint density at radius 3 is 3.05 bits per heavy atom. The summed E-state index contributed by atoms with van der Waals surface area (Å²) in [5, 5.41) is 6.15. The summed E-state index contributed by atoms with van der Waals surface area (Å²) in [7, 11) is 0. The van der Waals surface area contributed by atoms with Gasteiger partial charge >= 0.3 is 0 Å². The van der Waals surface area contributed by atoms with E-state index in [0.29, 0.717) is 24.8 Å². The van der Waals surface area contributed by atoms with Gasteiger partial charge in [-0.2, -0.15) is 0 Å². The van der Waals surface area contributed by atoms with Crippen molar-refractivity contribution in [1.82, 2.24) is 15.6 Å². The van der Waals surface area contributed by atoms with Crippen LogP contribution in [0.4, 0.5) is 0 Å². The highest BCUT2D eigenvalue weighted by Crippen LogP contribution is 2.06. The fraction of sp³-hybridized carbons (Fsp3) is 0.571. The number of hydrogen-bond acceptors (Lipinski definition) is 4. The lowest BCUT2D eigenvalue weighted by atomic mass is 10.1. The van der Waals surface area contributed by atoms with Crippen molar-refractivity contribution in [2.45, 2.75) is 25.9 Å². The molecule has 0 spiro atoms.